The summed E-state index contributed by atoms with van der Waals surface area (Å²) in [6, 6.07) is 12.2. The number of aryl methyl sites for hydroxylation is 1. The van der Waals surface area contributed by atoms with E-state index in [0.29, 0.717) is 12.3 Å². The summed E-state index contributed by atoms with van der Waals surface area (Å²) < 4.78 is 12.7. The van der Waals surface area contributed by atoms with Crippen molar-refractivity contribution in [1.82, 2.24) is 24.7 Å². The minimum Gasteiger partial charge on any atom is -0.471 e. The maximum Gasteiger partial charge on any atom is 0.316 e. The number of pyridine rings is 1. The fourth-order valence-electron chi connectivity index (χ4n) is 4.53. The lowest BCUT2D eigenvalue weighted by Gasteiger charge is -2.20. The Bertz CT molecular complexity index is 1420. The molecule has 5 rings (SSSR count). The van der Waals surface area contributed by atoms with Crippen LogP contribution in [-0.4, -0.2) is 43.4 Å². The van der Waals surface area contributed by atoms with E-state index >= 15 is 0 Å². The van der Waals surface area contributed by atoms with Crippen LogP contribution in [0.3, 0.4) is 0 Å². The van der Waals surface area contributed by atoms with E-state index in [4.69, 9.17) is 14.5 Å². The number of hydrogen-bond donors (Lipinski definition) is 0. The third-order valence-corrected chi connectivity index (χ3v) is 6.62. The number of aromatic nitrogens is 5. The molecule has 0 radical (unpaired) electrons. The van der Waals surface area contributed by atoms with Crippen LogP contribution in [0, 0.1) is 0 Å². The molecule has 0 atom stereocenters. The lowest BCUT2D eigenvalue weighted by atomic mass is 9.94. The lowest BCUT2D eigenvalue weighted by Crippen LogP contribution is -2.23. The summed E-state index contributed by atoms with van der Waals surface area (Å²) >= 11 is 0. The van der Waals surface area contributed by atoms with Crippen LogP contribution in [0.25, 0.3) is 22.4 Å². The Morgan fingerprint density at radius 1 is 1.00 bits per heavy atom. The number of esters is 1. The summed E-state index contributed by atoms with van der Waals surface area (Å²) in [6.45, 7) is 5.95. The zero-order valence-electron chi connectivity index (χ0n) is 21.9. The van der Waals surface area contributed by atoms with E-state index in [-0.39, 0.29) is 11.6 Å². The molecule has 0 saturated heterocycles. The minimum atomic E-state index is -0.463. The maximum absolute atomic E-state index is 12.2. The Labute approximate surface area is 216 Å². The van der Waals surface area contributed by atoms with Gasteiger partial charge in [0.15, 0.2) is 0 Å². The normalized spacial score (nSPS) is 14.3. The molecular weight excluding hydrogens is 466 g/mol. The van der Waals surface area contributed by atoms with Crippen LogP contribution in [0.15, 0.2) is 61.2 Å². The van der Waals surface area contributed by atoms with Gasteiger partial charge in [-0.2, -0.15) is 5.10 Å². The van der Waals surface area contributed by atoms with Crippen molar-refractivity contribution >= 4 is 5.97 Å². The first-order chi connectivity index (χ1) is 17.7. The molecule has 190 valence electrons. The predicted octanol–water partition coefficient (Wildman–Crippen LogP) is 4.91. The molecule has 1 aliphatic carbocycles. The second kappa shape index (κ2) is 9.42. The second-order valence-corrected chi connectivity index (χ2v) is 10.5. The molecule has 1 saturated carbocycles. The van der Waals surface area contributed by atoms with E-state index < -0.39 is 5.41 Å². The first-order valence-electron chi connectivity index (χ1n) is 12.4. The molecule has 0 amide bonds. The molecule has 3 aromatic heterocycles. The van der Waals surface area contributed by atoms with Gasteiger partial charge in [0.2, 0.25) is 5.88 Å². The number of rotatable bonds is 7. The monoisotopic (exact) mass is 497 g/mol. The van der Waals surface area contributed by atoms with Crippen molar-refractivity contribution in [2.45, 2.75) is 51.0 Å². The molecule has 8 nitrogen and oxygen atoms in total. The van der Waals surface area contributed by atoms with Gasteiger partial charge in [-0.15, -0.1) is 0 Å². The van der Waals surface area contributed by atoms with Gasteiger partial charge in [0, 0.05) is 37.0 Å². The molecule has 0 spiro atoms. The van der Waals surface area contributed by atoms with Gasteiger partial charge < -0.3 is 9.47 Å². The smallest absolute Gasteiger partial charge is 0.316 e. The standard InChI is InChI=1S/C29H31N5O3/c1-28(2,3)37-26-18-30-16-22(33-26)14-25-23(17-32-34(25)4)24-11-8-20(15-31-24)19-6-9-21(10-7-19)29(12-13-29)27(35)36-5/h6-11,15-18H,12-14H2,1-5H3. The highest BCUT2D eigenvalue weighted by atomic mass is 16.5. The van der Waals surface area contributed by atoms with Crippen LogP contribution in [-0.2, 0) is 28.4 Å². The molecule has 1 fully saturated rings. The summed E-state index contributed by atoms with van der Waals surface area (Å²) in [5, 5.41) is 4.47. The third-order valence-electron chi connectivity index (χ3n) is 6.62. The third kappa shape index (κ3) is 5.09. The Hall–Kier alpha value is -4.07. The van der Waals surface area contributed by atoms with E-state index in [0.717, 1.165) is 52.2 Å². The van der Waals surface area contributed by atoms with Gasteiger partial charge in [-0.25, -0.2) is 4.98 Å². The van der Waals surface area contributed by atoms with Crippen molar-refractivity contribution in [3.63, 3.8) is 0 Å². The quantitative estimate of drug-likeness (QED) is 0.335. The van der Waals surface area contributed by atoms with Gasteiger partial charge in [0.05, 0.1) is 42.0 Å². The van der Waals surface area contributed by atoms with Crippen LogP contribution in [0.1, 0.15) is 50.6 Å². The summed E-state index contributed by atoms with van der Waals surface area (Å²) in [4.78, 5) is 25.9. The summed E-state index contributed by atoms with van der Waals surface area (Å²) in [5.41, 5.74) is 5.80. The average Bonchev–Trinajstić information content (AvgIpc) is 3.62. The van der Waals surface area contributed by atoms with Crippen LogP contribution in [0.2, 0.25) is 0 Å². The number of benzene rings is 1. The molecule has 4 aromatic rings. The molecule has 0 aliphatic heterocycles. The molecular formula is C29H31N5O3. The van der Waals surface area contributed by atoms with Crippen LogP contribution in [0.5, 0.6) is 5.88 Å². The molecule has 1 aliphatic rings. The molecule has 8 heteroatoms. The topological polar surface area (TPSA) is 92.0 Å². The number of nitrogens with zero attached hydrogens (tertiary/aromatic N) is 5. The Morgan fingerprint density at radius 2 is 1.73 bits per heavy atom. The number of methoxy groups -OCH3 is 1. The summed E-state index contributed by atoms with van der Waals surface area (Å²) in [7, 11) is 3.36. The van der Waals surface area contributed by atoms with E-state index in [1.54, 1.807) is 12.4 Å². The fraction of sp³-hybridized carbons (Fsp3) is 0.345. The average molecular weight is 498 g/mol. The largest absolute Gasteiger partial charge is 0.471 e. The van der Waals surface area contributed by atoms with Crippen molar-refractivity contribution in [2.75, 3.05) is 7.11 Å². The fourth-order valence-corrected chi connectivity index (χ4v) is 4.53. The highest BCUT2D eigenvalue weighted by Gasteiger charge is 2.52. The Morgan fingerprint density at radius 3 is 2.35 bits per heavy atom. The van der Waals surface area contributed by atoms with Crippen molar-refractivity contribution < 1.29 is 14.3 Å². The van der Waals surface area contributed by atoms with Crippen molar-refractivity contribution in [1.29, 1.82) is 0 Å². The Kier molecular flexibility index (Phi) is 6.27. The summed E-state index contributed by atoms with van der Waals surface area (Å²) in [6.07, 6.45) is 9.30. The van der Waals surface area contributed by atoms with E-state index in [2.05, 4.69) is 21.1 Å². The molecule has 37 heavy (non-hydrogen) atoms. The van der Waals surface area contributed by atoms with Crippen molar-refractivity contribution in [3.05, 3.63) is 78.1 Å². The van der Waals surface area contributed by atoms with Gasteiger partial charge in [-0.1, -0.05) is 30.3 Å². The van der Waals surface area contributed by atoms with Crippen molar-refractivity contribution in [3.8, 4) is 28.3 Å². The number of carbonyl (C=O) groups is 1. The zero-order chi connectivity index (χ0) is 26.2. The van der Waals surface area contributed by atoms with Crippen LogP contribution in [0.4, 0.5) is 0 Å². The van der Waals surface area contributed by atoms with E-state index in [1.807, 2.05) is 75.2 Å². The number of carbonyl (C=O) groups excluding carboxylic acids is 1. The molecule has 0 N–H and O–H groups in total. The van der Waals surface area contributed by atoms with Crippen LogP contribution < -0.4 is 4.74 Å². The molecule has 3 heterocycles. The zero-order valence-corrected chi connectivity index (χ0v) is 21.9. The summed E-state index contributed by atoms with van der Waals surface area (Å²) in [5.74, 6) is 0.347. The number of hydrogen-bond acceptors (Lipinski definition) is 7. The molecule has 0 bridgehead atoms. The molecule has 0 unspecified atom stereocenters. The minimum absolute atomic E-state index is 0.155. The lowest BCUT2D eigenvalue weighted by molar-refractivity contribution is -0.143. The number of ether oxygens (including phenoxy) is 2. The first kappa shape index (κ1) is 24.6. The van der Waals surface area contributed by atoms with Crippen LogP contribution >= 0.6 is 0 Å². The highest BCUT2D eigenvalue weighted by molar-refractivity contribution is 5.86. The van der Waals surface area contributed by atoms with E-state index in [1.165, 1.54) is 7.11 Å². The molecule has 1 aromatic carbocycles. The first-order valence-corrected chi connectivity index (χ1v) is 12.4. The second-order valence-electron chi connectivity index (χ2n) is 10.5. The van der Waals surface area contributed by atoms with Crippen molar-refractivity contribution in [2.24, 2.45) is 7.05 Å². The Balaban J connectivity index is 1.35. The van der Waals surface area contributed by atoms with Gasteiger partial charge in [-0.05, 0) is 50.8 Å². The SMILES string of the molecule is COC(=O)C1(c2ccc(-c3ccc(-c4cnn(C)c4Cc4cncc(OC(C)(C)C)n4)nc3)cc2)CC1. The van der Waals surface area contributed by atoms with Gasteiger partial charge in [0.25, 0.3) is 0 Å². The highest BCUT2D eigenvalue weighted by Crippen LogP contribution is 2.49. The van der Waals surface area contributed by atoms with Gasteiger partial charge in [-0.3, -0.25) is 19.4 Å². The van der Waals surface area contributed by atoms with E-state index in [9.17, 15) is 4.79 Å². The maximum atomic E-state index is 12.2. The van der Waals surface area contributed by atoms with Gasteiger partial charge in [0.1, 0.15) is 5.60 Å². The van der Waals surface area contributed by atoms with Gasteiger partial charge >= 0.3 is 5.97 Å². The predicted molar refractivity (Wildman–Crippen MR) is 140 cm³/mol.